The van der Waals surface area contributed by atoms with Gasteiger partial charge in [-0.2, -0.15) is 0 Å². The van der Waals surface area contributed by atoms with E-state index in [1.165, 1.54) is 0 Å². The van der Waals surface area contributed by atoms with E-state index in [9.17, 15) is 18.4 Å². The van der Waals surface area contributed by atoms with Gasteiger partial charge in [-0.05, 0) is 12.8 Å². The van der Waals surface area contributed by atoms with Crippen LogP contribution in [0.15, 0.2) is 0 Å². The molecule has 0 bridgehead atoms. The summed E-state index contributed by atoms with van der Waals surface area (Å²) in [6.07, 6.45) is -0.823. The van der Waals surface area contributed by atoms with Crippen molar-refractivity contribution in [2.45, 2.75) is 19.3 Å². The zero-order valence-corrected chi connectivity index (χ0v) is 7.13. The first-order valence-corrected chi connectivity index (χ1v) is 3.98. The summed E-state index contributed by atoms with van der Waals surface area (Å²) in [6, 6.07) is 0. The maximum atomic E-state index is 11.8. The van der Waals surface area contributed by atoms with Crippen LogP contribution >= 0.6 is 0 Å². The van der Waals surface area contributed by atoms with Gasteiger partial charge in [0.25, 0.3) is 0 Å². The van der Waals surface area contributed by atoms with E-state index >= 15 is 0 Å². The van der Waals surface area contributed by atoms with Crippen molar-refractivity contribution in [3.8, 4) is 0 Å². The summed E-state index contributed by atoms with van der Waals surface area (Å²) in [5.41, 5.74) is 0. The molecule has 0 fully saturated rings. The molecule has 0 aliphatic rings. The number of hydrogen-bond donors (Lipinski definition) is 1. The molecule has 0 spiro atoms. The molecule has 3 nitrogen and oxygen atoms in total. The maximum absolute atomic E-state index is 11.8. The lowest BCUT2D eigenvalue weighted by Gasteiger charge is -2.09. The van der Waals surface area contributed by atoms with Gasteiger partial charge >= 0.3 is 5.97 Å². The number of carbonyl (C=O) groups is 2. The first-order valence-electron chi connectivity index (χ1n) is 3.98. The Labute approximate surface area is 74.7 Å². The Bertz CT molecular complexity index is 176. The number of rotatable bonds is 7. The number of carboxylic acid groups (broad SMARTS) is 1. The second-order valence-corrected chi connectivity index (χ2v) is 2.69. The second kappa shape index (κ2) is 6.51. The predicted molar refractivity (Wildman–Crippen MR) is 41.9 cm³/mol. The van der Waals surface area contributed by atoms with E-state index < -0.39 is 37.4 Å². The first kappa shape index (κ1) is 12.0. The van der Waals surface area contributed by atoms with Crippen molar-refractivity contribution in [2.24, 2.45) is 5.92 Å². The standard InChI is InChI=1S/C8H12F2O3/c9-3-1-6(2-4-10)7(11)5-8(12)13/h6H,1-5H2,(H,12,13). The third-order valence-corrected chi connectivity index (χ3v) is 1.70. The SMILES string of the molecule is O=C(O)CC(=O)C(CCF)CCF. The van der Waals surface area contributed by atoms with Crippen LogP contribution in [0.25, 0.3) is 0 Å². The third-order valence-electron chi connectivity index (χ3n) is 1.70. The highest BCUT2D eigenvalue weighted by molar-refractivity contribution is 5.95. The number of aliphatic carboxylic acids is 1. The molecule has 0 aliphatic carbocycles. The molecule has 0 aliphatic heterocycles. The normalized spacial score (nSPS) is 10.4. The fourth-order valence-corrected chi connectivity index (χ4v) is 1.02. The summed E-state index contributed by atoms with van der Waals surface area (Å²) >= 11 is 0. The van der Waals surface area contributed by atoms with Crippen LogP contribution in [0, 0.1) is 5.92 Å². The first-order chi connectivity index (χ1) is 6.11. The largest absolute Gasteiger partial charge is 0.481 e. The molecule has 13 heavy (non-hydrogen) atoms. The van der Waals surface area contributed by atoms with E-state index in [1.54, 1.807) is 0 Å². The molecule has 0 aromatic heterocycles. The zero-order chi connectivity index (χ0) is 10.3. The fraction of sp³-hybridized carbons (Fsp3) is 0.750. The Morgan fingerprint density at radius 3 is 1.92 bits per heavy atom. The molecular formula is C8H12F2O3. The highest BCUT2D eigenvalue weighted by atomic mass is 19.1. The van der Waals surface area contributed by atoms with E-state index in [-0.39, 0.29) is 12.8 Å². The molecule has 0 saturated carbocycles. The fourth-order valence-electron chi connectivity index (χ4n) is 1.02. The molecule has 76 valence electrons. The Kier molecular flexibility index (Phi) is 6.01. The summed E-state index contributed by atoms with van der Waals surface area (Å²) in [6.45, 7) is -1.45. The molecule has 0 rings (SSSR count). The number of carbonyl (C=O) groups excluding carboxylic acids is 1. The van der Waals surface area contributed by atoms with Gasteiger partial charge in [-0.1, -0.05) is 0 Å². The summed E-state index contributed by atoms with van der Waals surface area (Å²) in [5, 5.41) is 8.26. The van der Waals surface area contributed by atoms with Gasteiger partial charge in [0.2, 0.25) is 0 Å². The number of carboxylic acids is 1. The van der Waals surface area contributed by atoms with Crippen molar-refractivity contribution in [3.05, 3.63) is 0 Å². The van der Waals surface area contributed by atoms with Gasteiger partial charge in [0.15, 0.2) is 0 Å². The van der Waals surface area contributed by atoms with Gasteiger partial charge in [-0.15, -0.1) is 0 Å². The van der Waals surface area contributed by atoms with Crippen molar-refractivity contribution >= 4 is 11.8 Å². The van der Waals surface area contributed by atoms with Crippen LogP contribution in [0.3, 0.4) is 0 Å². The molecule has 1 N–H and O–H groups in total. The average Bonchev–Trinajstić information content (AvgIpc) is 2.02. The number of halogens is 2. The van der Waals surface area contributed by atoms with Crippen LogP contribution < -0.4 is 0 Å². The summed E-state index contributed by atoms with van der Waals surface area (Å²) in [5.74, 6) is -2.64. The van der Waals surface area contributed by atoms with Gasteiger partial charge in [0.1, 0.15) is 12.2 Å². The number of Topliss-reactive ketones (excluding diaryl/α,β-unsaturated/α-hetero) is 1. The van der Waals surface area contributed by atoms with E-state index in [1.807, 2.05) is 0 Å². The topological polar surface area (TPSA) is 54.4 Å². The van der Waals surface area contributed by atoms with E-state index in [4.69, 9.17) is 5.11 Å². The van der Waals surface area contributed by atoms with Crippen LogP contribution in [-0.4, -0.2) is 30.2 Å². The minimum atomic E-state index is -1.26. The Morgan fingerprint density at radius 1 is 1.15 bits per heavy atom. The van der Waals surface area contributed by atoms with Crippen LogP contribution in [0.2, 0.25) is 0 Å². The molecular weight excluding hydrogens is 182 g/mol. The number of ketones is 1. The van der Waals surface area contributed by atoms with Crippen molar-refractivity contribution in [1.29, 1.82) is 0 Å². The highest BCUT2D eigenvalue weighted by Gasteiger charge is 2.20. The van der Waals surface area contributed by atoms with Gasteiger partial charge in [-0.3, -0.25) is 18.4 Å². The van der Waals surface area contributed by atoms with Crippen LogP contribution in [-0.2, 0) is 9.59 Å². The van der Waals surface area contributed by atoms with E-state index in [0.29, 0.717) is 0 Å². The van der Waals surface area contributed by atoms with Crippen LogP contribution in [0.1, 0.15) is 19.3 Å². The van der Waals surface area contributed by atoms with Crippen molar-refractivity contribution < 1.29 is 23.5 Å². The van der Waals surface area contributed by atoms with Crippen molar-refractivity contribution in [1.82, 2.24) is 0 Å². The minimum Gasteiger partial charge on any atom is -0.481 e. The quantitative estimate of drug-likeness (QED) is 0.622. The number of alkyl halides is 2. The van der Waals surface area contributed by atoms with Crippen molar-refractivity contribution in [2.75, 3.05) is 13.3 Å². The van der Waals surface area contributed by atoms with E-state index in [0.717, 1.165) is 0 Å². The lowest BCUT2D eigenvalue weighted by molar-refractivity contribution is -0.141. The predicted octanol–water partition coefficient (Wildman–Crippen LogP) is 1.37. The van der Waals surface area contributed by atoms with Crippen LogP contribution in [0.4, 0.5) is 8.78 Å². The lowest BCUT2D eigenvalue weighted by Crippen LogP contribution is -2.19. The minimum absolute atomic E-state index is 0.0873. The molecule has 0 unspecified atom stereocenters. The monoisotopic (exact) mass is 194 g/mol. The van der Waals surface area contributed by atoms with Gasteiger partial charge in [0.05, 0.1) is 13.3 Å². The van der Waals surface area contributed by atoms with Gasteiger partial charge in [-0.25, -0.2) is 0 Å². The van der Waals surface area contributed by atoms with Crippen molar-refractivity contribution in [3.63, 3.8) is 0 Å². The summed E-state index contributed by atoms with van der Waals surface area (Å²) in [7, 11) is 0. The summed E-state index contributed by atoms with van der Waals surface area (Å²) < 4.78 is 23.7. The Balaban J connectivity index is 4.02. The Morgan fingerprint density at radius 2 is 1.62 bits per heavy atom. The molecule has 0 aromatic carbocycles. The smallest absolute Gasteiger partial charge is 0.310 e. The summed E-state index contributed by atoms with van der Waals surface area (Å²) in [4.78, 5) is 21.1. The molecule has 0 saturated heterocycles. The Hall–Kier alpha value is -1.00. The highest BCUT2D eigenvalue weighted by Crippen LogP contribution is 2.12. The number of hydrogen-bond acceptors (Lipinski definition) is 2. The molecule has 0 amide bonds. The van der Waals surface area contributed by atoms with Crippen LogP contribution in [0.5, 0.6) is 0 Å². The van der Waals surface area contributed by atoms with E-state index in [2.05, 4.69) is 0 Å². The maximum Gasteiger partial charge on any atom is 0.310 e. The second-order valence-electron chi connectivity index (χ2n) is 2.69. The van der Waals surface area contributed by atoms with Gasteiger partial charge in [0, 0.05) is 5.92 Å². The zero-order valence-electron chi connectivity index (χ0n) is 7.13. The molecule has 5 heteroatoms. The molecule has 0 atom stereocenters. The molecule has 0 heterocycles. The lowest BCUT2D eigenvalue weighted by atomic mass is 9.95. The van der Waals surface area contributed by atoms with Gasteiger partial charge < -0.3 is 5.11 Å². The average molecular weight is 194 g/mol. The molecule has 0 aromatic rings. The third kappa shape index (κ3) is 5.27. The molecule has 0 radical (unpaired) electrons.